The number of likely N-dealkylation sites (N-methyl/N-ethyl adjacent to an activating group) is 2. The lowest BCUT2D eigenvalue weighted by molar-refractivity contribution is -0.132. The summed E-state index contributed by atoms with van der Waals surface area (Å²) in [6.45, 7) is 9.47. The van der Waals surface area contributed by atoms with Crippen LogP contribution in [0.1, 0.15) is 53.9 Å². The molecule has 0 saturated carbocycles. The van der Waals surface area contributed by atoms with E-state index in [4.69, 9.17) is 19.2 Å². The second-order valence-corrected chi connectivity index (χ2v) is 10.9. The molecular weight excluding hydrogens is 576 g/mol. The Balaban J connectivity index is 0.00000226. The van der Waals surface area contributed by atoms with E-state index < -0.39 is 11.4 Å². The number of benzene rings is 1. The molecule has 3 amide bonds. The van der Waals surface area contributed by atoms with E-state index in [9.17, 15) is 14.4 Å². The Morgan fingerprint density at radius 3 is 2.56 bits per heavy atom. The van der Waals surface area contributed by atoms with E-state index in [0.29, 0.717) is 35.4 Å². The van der Waals surface area contributed by atoms with Crippen molar-refractivity contribution in [3.63, 3.8) is 0 Å². The van der Waals surface area contributed by atoms with Gasteiger partial charge in [0.1, 0.15) is 17.0 Å². The van der Waals surface area contributed by atoms with Gasteiger partial charge in [-0.1, -0.05) is 32.4 Å². The maximum Gasteiger partial charge on any atom is 0.256 e. The number of furan rings is 1. The van der Waals surface area contributed by atoms with Gasteiger partial charge >= 0.3 is 0 Å². The highest BCUT2D eigenvalue weighted by Crippen LogP contribution is 2.34. The first kappa shape index (κ1) is 33.6. The first-order valence-corrected chi connectivity index (χ1v) is 15.3. The van der Waals surface area contributed by atoms with Crippen LogP contribution in [0, 0.1) is 0 Å². The first-order chi connectivity index (χ1) is 21.9. The van der Waals surface area contributed by atoms with Gasteiger partial charge in [0, 0.05) is 68.9 Å². The number of carbonyl (C=O) groups excluding carboxylic acids is 3. The minimum absolute atomic E-state index is 0.0744. The van der Waals surface area contributed by atoms with Gasteiger partial charge < -0.3 is 29.0 Å². The fourth-order valence-corrected chi connectivity index (χ4v) is 5.92. The second kappa shape index (κ2) is 15.2. The van der Waals surface area contributed by atoms with Crippen molar-refractivity contribution < 1.29 is 28.6 Å². The fourth-order valence-electron chi connectivity index (χ4n) is 5.92. The third kappa shape index (κ3) is 6.87. The van der Waals surface area contributed by atoms with Crippen LogP contribution in [0.4, 0.5) is 0 Å². The summed E-state index contributed by atoms with van der Waals surface area (Å²) in [5, 5.41) is 12.3. The molecule has 12 heteroatoms. The molecule has 1 fully saturated rings. The highest BCUT2D eigenvalue weighted by Gasteiger charge is 2.46. The number of ether oxygens (including phenoxy) is 1. The van der Waals surface area contributed by atoms with E-state index in [2.05, 4.69) is 40.4 Å². The molecule has 0 spiro atoms. The number of methoxy groups -OCH3 is 1. The molecule has 0 bridgehead atoms. The first-order valence-electron chi connectivity index (χ1n) is 15.3. The summed E-state index contributed by atoms with van der Waals surface area (Å²) in [6, 6.07) is 9.00. The summed E-state index contributed by atoms with van der Waals surface area (Å²) in [5.74, 6) is -0.0435. The average molecular weight is 621 g/mol. The van der Waals surface area contributed by atoms with Gasteiger partial charge in [-0.25, -0.2) is 0 Å². The minimum atomic E-state index is -1.55. The number of amides is 3. The predicted molar refractivity (Wildman–Crippen MR) is 171 cm³/mol. The Morgan fingerprint density at radius 1 is 1.16 bits per heavy atom. The van der Waals surface area contributed by atoms with Crippen molar-refractivity contribution in [2.45, 2.75) is 38.8 Å². The van der Waals surface area contributed by atoms with Crippen molar-refractivity contribution in [1.29, 1.82) is 0 Å². The van der Waals surface area contributed by atoms with E-state index in [0.717, 1.165) is 69.5 Å². The Labute approximate surface area is 264 Å². The summed E-state index contributed by atoms with van der Waals surface area (Å²) in [4.78, 5) is 49.5. The van der Waals surface area contributed by atoms with Crippen molar-refractivity contribution in [2.24, 2.45) is 0 Å². The average Bonchev–Trinajstić information content (AvgIpc) is 3.65. The Morgan fingerprint density at radius 2 is 1.91 bits per heavy atom. The third-order valence-electron chi connectivity index (χ3n) is 8.50. The number of unbranched alkanes of at least 4 members (excludes halogenated alkanes) is 1. The Hall–Kier alpha value is -4.26. The lowest BCUT2D eigenvalue weighted by Crippen LogP contribution is -2.58. The molecular formula is C33H44N6O6. The van der Waals surface area contributed by atoms with Crippen LogP contribution in [0.5, 0.6) is 5.75 Å². The van der Waals surface area contributed by atoms with Crippen LogP contribution in [-0.4, -0.2) is 104 Å². The number of carbonyl (C=O) groups is 3. The topological polar surface area (TPSA) is 140 Å². The van der Waals surface area contributed by atoms with Crippen LogP contribution < -0.4 is 15.4 Å². The molecule has 2 aliphatic heterocycles. The van der Waals surface area contributed by atoms with Gasteiger partial charge in [0.2, 0.25) is 6.41 Å². The lowest BCUT2D eigenvalue weighted by atomic mass is 9.94. The van der Waals surface area contributed by atoms with Crippen LogP contribution in [-0.2, 0) is 21.7 Å². The SMILES string of the molecule is CCC/C=C(/c1cnc2cc([C@](CN3Cc4ccc(OC)cc4C3=O)(NC)C(=O)NC=O)oc2c1)N1CCN(CC)CC1.CO. The molecule has 1 atom stereocenters. The molecule has 4 heterocycles. The van der Waals surface area contributed by atoms with E-state index in [1.165, 1.54) is 0 Å². The van der Waals surface area contributed by atoms with Gasteiger partial charge in [-0.05, 0) is 43.8 Å². The van der Waals surface area contributed by atoms with E-state index in [1.54, 1.807) is 37.3 Å². The molecule has 0 radical (unpaired) electrons. The molecule has 0 unspecified atom stereocenters. The highest BCUT2D eigenvalue weighted by molar-refractivity contribution is 6.00. The molecule has 0 aliphatic carbocycles. The number of nitrogens with one attached hydrogen (secondary N) is 2. The van der Waals surface area contributed by atoms with Crippen molar-refractivity contribution in [1.82, 2.24) is 30.3 Å². The zero-order valence-electron chi connectivity index (χ0n) is 26.8. The van der Waals surface area contributed by atoms with Crippen LogP contribution in [0.15, 0.2) is 47.0 Å². The summed E-state index contributed by atoms with van der Waals surface area (Å²) in [6.07, 6.45) is 6.41. The number of fused-ring (bicyclic) bond motifs is 2. The molecule has 3 N–H and O–H groups in total. The fraction of sp³-hybridized carbons (Fsp3) is 0.455. The normalized spacial score (nSPS) is 16.6. The number of hydrogen-bond acceptors (Lipinski definition) is 10. The number of allylic oxidation sites excluding steroid dienone is 1. The van der Waals surface area contributed by atoms with Gasteiger partial charge in [-0.2, -0.15) is 0 Å². The Bertz CT molecular complexity index is 1530. The number of rotatable bonds is 12. The van der Waals surface area contributed by atoms with Crippen molar-refractivity contribution in [3.05, 3.63) is 65.1 Å². The van der Waals surface area contributed by atoms with Crippen LogP contribution in [0.2, 0.25) is 0 Å². The standard InChI is InChI=1S/C32H40N6O5.CH4O/c1-5-7-8-27(37-13-11-36(6-2)12-14-37)23-15-28-26(34-18-23)17-29(43-28)32(33-3,31(41)35-21-39)20-38-19-22-9-10-24(42-4)16-25(22)30(38)40;1-2/h8-10,15-18,21,33H,5-7,11-14,19-20H2,1-4H3,(H,35,39,41);2H,1H3/b27-8-;/t32-;/m0./s1. The van der Waals surface area contributed by atoms with Crippen LogP contribution >= 0.6 is 0 Å². The van der Waals surface area contributed by atoms with Crippen molar-refractivity contribution in [3.8, 4) is 5.75 Å². The molecule has 2 aromatic heterocycles. The molecule has 1 aromatic carbocycles. The smallest absolute Gasteiger partial charge is 0.256 e. The van der Waals surface area contributed by atoms with Crippen LogP contribution in [0.3, 0.4) is 0 Å². The van der Waals surface area contributed by atoms with Gasteiger partial charge in [-0.15, -0.1) is 0 Å². The molecule has 45 heavy (non-hydrogen) atoms. The van der Waals surface area contributed by atoms with E-state index in [-0.39, 0.29) is 18.2 Å². The largest absolute Gasteiger partial charge is 0.497 e. The molecule has 242 valence electrons. The van der Waals surface area contributed by atoms with Gasteiger partial charge in [0.25, 0.3) is 11.8 Å². The van der Waals surface area contributed by atoms with Gasteiger partial charge in [0.15, 0.2) is 11.1 Å². The summed E-state index contributed by atoms with van der Waals surface area (Å²) in [7, 11) is 4.15. The summed E-state index contributed by atoms with van der Waals surface area (Å²) < 4.78 is 11.7. The quantitative estimate of drug-likeness (QED) is 0.259. The number of aromatic nitrogens is 1. The number of aliphatic hydroxyl groups is 1. The van der Waals surface area contributed by atoms with Crippen molar-refractivity contribution in [2.75, 3.05) is 60.5 Å². The maximum atomic E-state index is 13.5. The number of nitrogens with zero attached hydrogens (tertiary/aromatic N) is 4. The number of piperazine rings is 1. The minimum Gasteiger partial charge on any atom is -0.497 e. The molecule has 3 aromatic rings. The highest BCUT2D eigenvalue weighted by atomic mass is 16.5. The van der Waals surface area contributed by atoms with E-state index in [1.807, 2.05) is 18.3 Å². The maximum absolute atomic E-state index is 13.5. The second-order valence-electron chi connectivity index (χ2n) is 10.9. The predicted octanol–water partition coefficient (Wildman–Crippen LogP) is 2.57. The third-order valence-corrected chi connectivity index (χ3v) is 8.50. The zero-order chi connectivity index (χ0) is 32.6. The van der Waals surface area contributed by atoms with Gasteiger partial charge in [-0.3, -0.25) is 30.0 Å². The Kier molecular flexibility index (Phi) is 11.3. The molecule has 1 saturated heterocycles. The number of hydrogen-bond donors (Lipinski definition) is 3. The monoisotopic (exact) mass is 620 g/mol. The number of imide groups is 1. The number of aliphatic hydroxyl groups excluding tert-OH is 1. The van der Waals surface area contributed by atoms with Crippen molar-refractivity contribution >= 4 is 35.0 Å². The van der Waals surface area contributed by atoms with Gasteiger partial charge in [0.05, 0.1) is 13.7 Å². The van der Waals surface area contributed by atoms with Crippen LogP contribution in [0.25, 0.3) is 16.8 Å². The lowest BCUT2D eigenvalue weighted by Gasteiger charge is -2.37. The molecule has 12 nitrogen and oxygen atoms in total. The zero-order valence-corrected chi connectivity index (χ0v) is 26.8. The summed E-state index contributed by atoms with van der Waals surface area (Å²) >= 11 is 0. The van der Waals surface area contributed by atoms with E-state index >= 15 is 0 Å². The summed E-state index contributed by atoms with van der Waals surface area (Å²) in [5.41, 5.74) is 2.94. The number of pyridine rings is 1. The molecule has 5 rings (SSSR count). The molecule has 2 aliphatic rings.